The monoisotopic (exact) mass is 277 g/mol. The second-order valence-electron chi connectivity index (χ2n) is 4.73. The lowest BCUT2D eigenvalue weighted by Crippen LogP contribution is -2.17. The molecule has 1 N–H and O–H groups in total. The molecule has 0 aliphatic carbocycles. The third-order valence-electron chi connectivity index (χ3n) is 3.16. The molecule has 0 atom stereocenters. The van der Waals surface area contributed by atoms with Crippen molar-refractivity contribution in [3.05, 3.63) is 73.3 Å². The lowest BCUT2D eigenvalue weighted by molar-refractivity contribution is -0.116. The van der Waals surface area contributed by atoms with E-state index >= 15 is 0 Å². The molecule has 21 heavy (non-hydrogen) atoms. The highest BCUT2D eigenvalue weighted by Crippen LogP contribution is 2.20. The summed E-state index contributed by atoms with van der Waals surface area (Å²) < 4.78 is 1.73. The number of imidazole rings is 1. The number of hydrogen-bond donors (Lipinski definition) is 1. The molecule has 104 valence electrons. The van der Waals surface area contributed by atoms with Gasteiger partial charge in [-0.1, -0.05) is 42.5 Å². The van der Waals surface area contributed by atoms with E-state index in [1.165, 1.54) is 0 Å². The predicted octanol–water partition coefficient (Wildman–Crippen LogP) is 3.19. The summed E-state index contributed by atoms with van der Waals surface area (Å²) in [6.45, 7) is 0.264. The summed E-state index contributed by atoms with van der Waals surface area (Å²) in [7, 11) is 0. The van der Waals surface area contributed by atoms with E-state index < -0.39 is 0 Å². The van der Waals surface area contributed by atoms with Crippen LogP contribution in [0.1, 0.15) is 0 Å². The number of amides is 1. The topological polar surface area (TPSA) is 46.9 Å². The van der Waals surface area contributed by atoms with Crippen molar-refractivity contribution < 1.29 is 4.79 Å². The number of carbonyl (C=O) groups is 1. The minimum atomic E-state index is -0.0690. The van der Waals surface area contributed by atoms with Crippen LogP contribution >= 0.6 is 0 Å². The van der Waals surface area contributed by atoms with Gasteiger partial charge >= 0.3 is 0 Å². The number of anilines is 1. The Morgan fingerprint density at radius 3 is 2.38 bits per heavy atom. The van der Waals surface area contributed by atoms with Crippen molar-refractivity contribution >= 4 is 11.6 Å². The molecule has 3 rings (SSSR count). The minimum absolute atomic E-state index is 0.0690. The largest absolute Gasteiger partial charge is 0.328 e. The van der Waals surface area contributed by atoms with Crippen LogP contribution in [-0.4, -0.2) is 15.5 Å². The van der Waals surface area contributed by atoms with Gasteiger partial charge in [0.15, 0.2) is 0 Å². The van der Waals surface area contributed by atoms with E-state index in [9.17, 15) is 4.79 Å². The summed E-state index contributed by atoms with van der Waals surface area (Å²) in [5, 5.41) is 2.87. The molecule has 0 spiro atoms. The Morgan fingerprint density at radius 1 is 1.00 bits per heavy atom. The van der Waals surface area contributed by atoms with Gasteiger partial charge in [-0.25, -0.2) is 4.98 Å². The summed E-state index contributed by atoms with van der Waals surface area (Å²) in [6, 6.07) is 18.0. The smallest absolute Gasteiger partial charge is 0.244 e. The molecular formula is C17H15N3O. The van der Waals surface area contributed by atoms with Crippen LogP contribution < -0.4 is 5.32 Å². The number of rotatable bonds is 4. The van der Waals surface area contributed by atoms with Crippen LogP contribution in [0.5, 0.6) is 0 Å². The molecule has 1 heterocycles. The molecule has 0 aliphatic rings. The Morgan fingerprint density at radius 2 is 1.71 bits per heavy atom. The highest BCUT2D eigenvalue weighted by atomic mass is 16.1. The van der Waals surface area contributed by atoms with Gasteiger partial charge < -0.3 is 9.88 Å². The van der Waals surface area contributed by atoms with Gasteiger partial charge in [0, 0.05) is 18.1 Å². The normalized spacial score (nSPS) is 10.3. The first-order chi connectivity index (χ1) is 10.3. The van der Waals surface area contributed by atoms with Crippen molar-refractivity contribution in [1.29, 1.82) is 0 Å². The zero-order chi connectivity index (χ0) is 14.5. The van der Waals surface area contributed by atoms with Crippen molar-refractivity contribution in [3.8, 4) is 11.1 Å². The highest BCUT2D eigenvalue weighted by Gasteiger charge is 2.03. The van der Waals surface area contributed by atoms with Gasteiger partial charge in [0.2, 0.25) is 5.91 Å². The molecule has 0 radical (unpaired) electrons. The number of nitrogens with one attached hydrogen (secondary N) is 1. The number of benzene rings is 2. The predicted molar refractivity (Wildman–Crippen MR) is 82.7 cm³/mol. The van der Waals surface area contributed by atoms with Gasteiger partial charge in [-0.2, -0.15) is 0 Å². The minimum Gasteiger partial charge on any atom is -0.328 e. The lowest BCUT2D eigenvalue weighted by Gasteiger charge is -2.07. The van der Waals surface area contributed by atoms with Gasteiger partial charge in [-0.05, 0) is 23.3 Å². The zero-order valence-corrected chi connectivity index (χ0v) is 11.4. The standard InChI is InChI=1S/C17H15N3O/c21-17(12-20-11-10-18-13-20)19-16-8-6-15(7-9-16)14-4-2-1-3-5-14/h1-11,13H,12H2,(H,19,21). The highest BCUT2D eigenvalue weighted by molar-refractivity contribution is 5.90. The Kier molecular flexibility index (Phi) is 3.78. The Balaban J connectivity index is 1.66. The second-order valence-corrected chi connectivity index (χ2v) is 4.73. The molecule has 3 aromatic rings. The molecule has 0 saturated carbocycles. The van der Waals surface area contributed by atoms with E-state index in [0.29, 0.717) is 0 Å². The molecule has 0 aliphatic heterocycles. The van der Waals surface area contributed by atoms with Crippen LogP contribution in [0.15, 0.2) is 73.3 Å². The van der Waals surface area contributed by atoms with Crippen molar-refractivity contribution in [2.24, 2.45) is 0 Å². The first-order valence-corrected chi connectivity index (χ1v) is 6.72. The van der Waals surface area contributed by atoms with Gasteiger partial charge in [0.1, 0.15) is 6.54 Å². The maximum Gasteiger partial charge on any atom is 0.244 e. The summed E-state index contributed by atoms with van der Waals surface area (Å²) in [5.74, 6) is -0.0690. The van der Waals surface area contributed by atoms with E-state index in [2.05, 4.69) is 22.4 Å². The van der Waals surface area contributed by atoms with Gasteiger partial charge in [0.05, 0.1) is 6.33 Å². The zero-order valence-electron chi connectivity index (χ0n) is 11.4. The van der Waals surface area contributed by atoms with Crippen LogP contribution in [0.4, 0.5) is 5.69 Å². The van der Waals surface area contributed by atoms with Crippen LogP contribution in [0.2, 0.25) is 0 Å². The molecule has 0 fully saturated rings. The maximum absolute atomic E-state index is 11.9. The van der Waals surface area contributed by atoms with Crippen molar-refractivity contribution in [1.82, 2.24) is 9.55 Å². The van der Waals surface area contributed by atoms with Gasteiger partial charge in [-0.15, -0.1) is 0 Å². The van der Waals surface area contributed by atoms with Crippen molar-refractivity contribution in [2.45, 2.75) is 6.54 Å². The second kappa shape index (κ2) is 6.05. The summed E-state index contributed by atoms with van der Waals surface area (Å²) in [5.41, 5.74) is 3.08. The Bertz CT molecular complexity index is 704. The van der Waals surface area contributed by atoms with Gasteiger partial charge in [0.25, 0.3) is 0 Å². The molecule has 4 heteroatoms. The molecule has 4 nitrogen and oxygen atoms in total. The maximum atomic E-state index is 11.9. The fourth-order valence-corrected chi connectivity index (χ4v) is 2.12. The van der Waals surface area contributed by atoms with E-state index in [1.54, 1.807) is 23.3 Å². The Hall–Kier alpha value is -2.88. The molecule has 0 bridgehead atoms. The molecule has 1 amide bonds. The number of carbonyl (C=O) groups excluding carboxylic acids is 1. The van der Waals surface area contributed by atoms with Crippen LogP contribution in [0, 0.1) is 0 Å². The SMILES string of the molecule is O=C(Cn1ccnc1)Nc1ccc(-c2ccccc2)cc1. The van der Waals surface area contributed by atoms with E-state index in [-0.39, 0.29) is 12.5 Å². The molecule has 1 aromatic heterocycles. The van der Waals surface area contributed by atoms with Gasteiger partial charge in [-0.3, -0.25) is 4.79 Å². The van der Waals surface area contributed by atoms with E-state index in [1.807, 2.05) is 42.5 Å². The molecule has 0 saturated heterocycles. The van der Waals surface area contributed by atoms with Crippen LogP contribution in [-0.2, 0) is 11.3 Å². The Labute approximate surface area is 123 Å². The number of nitrogens with zero attached hydrogens (tertiary/aromatic N) is 2. The van der Waals surface area contributed by atoms with Crippen LogP contribution in [0.3, 0.4) is 0 Å². The van der Waals surface area contributed by atoms with E-state index in [4.69, 9.17) is 0 Å². The lowest BCUT2D eigenvalue weighted by atomic mass is 10.1. The van der Waals surface area contributed by atoms with Crippen molar-refractivity contribution in [3.63, 3.8) is 0 Å². The summed E-state index contributed by atoms with van der Waals surface area (Å²) in [6.07, 6.45) is 5.04. The van der Waals surface area contributed by atoms with Crippen molar-refractivity contribution in [2.75, 3.05) is 5.32 Å². The quantitative estimate of drug-likeness (QED) is 0.796. The first kappa shape index (κ1) is 13.1. The fraction of sp³-hybridized carbons (Fsp3) is 0.0588. The molecule has 2 aromatic carbocycles. The van der Waals surface area contributed by atoms with Crippen LogP contribution in [0.25, 0.3) is 11.1 Å². The summed E-state index contributed by atoms with van der Waals surface area (Å²) in [4.78, 5) is 15.8. The average Bonchev–Trinajstić information content (AvgIpc) is 3.02. The summed E-state index contributed by atoms with van der Waals surface area (Å²) >= 11 is 0. The third kappa shape index (κ3) is 3.36. The fourth-order valence-electron chi connectivity index (χ4n) is 2.12. The first-order valence-electron chi connectivity index (χ1n) is 6.72. The number of hydrogen-bond acceptors (Lipinski definition) is 2. The third-order valence-corrected chi connectivity index (χ3v) is 3.16. The molecular weight excluding hydrogens is 262 g/mol. The molecule has 0 unspecified atom stereocenters. The average molecular weight is 277 g/mol. The number of aromatic nitrogens is 2. The van der Waals surface area contributed by atoms with E-state index in [0.717, 1.165) is 16.8 Å².